The lowest BCUT2D eigenvalue weighted by Gasteiger charge is -2.31. The molecule has 0 aromatic heterocycles. The SMILES string of the molecule is COc1ccc([C@@H]2C[C@H](C)N(C(=O)[C@]3(C)CCNC3)C2)cc1. The Labute approximate surface area is 132 Å². The Bertz CT molecular complexity index is 535. The van der Waals surface area contributed by atoms with Gasteiger partial charge in [0.25, 0.3) is 0 Å². The molecule has 0 unspecified atom stereocenters. The summed E-state index contributed by atoms with van der Waals surface area (Å²) in [6.07, 6.45) is 1.99. The van der Waals surface area contributed by atoms with Crippen LogP contribution >= 0.6 is 0 Å². The normalized spacial score (nSPS) is 31.5. The van der Waals surface area contributed by atoms with Gasteiger partial charge in [0.1, 0.15) is 5.75 Å². The zero-order chi connectivity index (χ0) is 15.7. The van der Waals surface area contributed by atoms with Crippen LogP contribution in [0.4, 0.5) is 0 Å². The lowest BCUT2D eigenvalue weighted by molar-refractivity contribution is -0.140. The number of hydrogen-bond donors (Lipinski definition) is 1. The molecule has 2 fully saturated rings. The van der Waals surface area contributed by atoms with Crippen molar-refractivity contribution in [2.24, 2.45) is 5.41 Å². The summed E-state index contributed by atoms with van der Waals surface area (Å²) in [6.45, 7) is 6.87. The first kappa shape index (κ1) is 15.3. The fraction of sp³-hybridized carbons (Fsp3) is 0.611. The number of benzene rings is 1. The summed E-state index contributed by atoms with van der Waals surface area (Å²) in [6, 6.07) is 8.59. The number of amides is 1. The lowest BCUT2D eigenvalue weighted by atomic mass is 9.88. The van der Waals surface area contributed by atoms with Crippen LogP contribution in [-0.4, -0.2) is 43.6 Å². The molecule has 22 heavy (non-hydrogen) atoms. The molecule has 1 aromatic rings. The summed E-state index contributed by atoms with van der Waals surface area (Å²) in [5.74, 6) is 1.64. The largest absolute Gasteiger partial charge is 0.497 e. The minimum absolute atomic E-state index is 0.219. The van der Waals surface area contributed by atoms with Gasteiger partial charge < -0.3 is 15.0 Å². The maximum atomic E-state index is 12.9. The van der Waals surface area contributed by atoms with Crippen molar-refractivity contribution >= 4 is 5.91 Å². The van der Waals surface area contributed by atoms with Gasteiger partial charge in [-0.15, -0.1) is 0 Å². The third-order valence-electron chi connectivity index (χ3n) is 5.31. The molecule has 2 aliphatic heterocycles. The third kappa shape index (κ3) is 2.72. The molecule has 3 atom stereocenters. The van der Waals surface area contributed by atoms with Crippen molar-refractivity contribution in [2.75, 3.05) is 26.7 Å². The number of carbonyl (C=O) groups is 1. The van der Waals surface area contributed by atoms with Crippen molar-refractivity contribution in [1.29, 1.82) is 0 Å². The maximum Gasteiger partial charge on any atom is 0.230 e. The molecule has 0 saturated carbocycles. The summed E-state index contributed by atoms with van der Waals surface area (Å²) in [5.41, 5.74) is 1.08. The first-order valence-electron chi connectivity index (χ1n) is 8.19. The highest BCUT2D eigenvalue weighted by molar-refractivity contribution is 5.83. The number of nitrogens with one attached hydrogen (secondary N) is 1. The Morgan fingerprint density at radius 2 is 2.09 bits per heavy atom. The average molecular weight is 302 g/mol. The number of methoxy groups -OCH3 is 1. The Morgan fingerprint density at radius 3 is 2.68 bits per heavy atom. The molecule has 4 nitrogen and oxygen atoms in total. The second-order valence-electron chi connectivity index (χ2n) is 7.00. The highest BCUT2D eigenvalue weighted by atomic mass is 16.5. The van der Waals surface area contributed by atoms with Gasteiger partial charge in [-0.3, -0.25) is 4.79 Å². The maximum absolute atomic E-state index is 12.9. The molecule has 0 spiro atoms. The summed E-state index contributed by atoms with van der Waals surface area (Å²) in [7, 11) is 1.68. The molecule has 0 aliphatic carbocycles. The van der Waals surface area contributed by atoms with Crippen LogP contribution in [0, 0.1) is 5.41 Å². The van der Waals surface area contributed by atoms with Crippen molar-refractivity contribution in [1.82, 2.24) is 10.2 Å². The summed E-state index contributed by atoms with van der Waals surface area (Å²) in [5, 5.41) is 3.33. The predicted molar refractivity (Wildman–Crippen MR) is 87.1 cm³/mol. The number of rotatable bonds is 3. The topological polar surface area (TPSA) is 41.6 Å². The standard InChI is InChI=1S/C18H26N2O2/c1-13-10-15(14-4-6-16(22-3)7-5-14)11-20(13)17(21)18(2)8-9-19-12-18/h4-7,13,15,19H,8-12H2,1-3H3/t13-,15+,18+/m0/s1. The minimum atomic E-state index is -0.219. The predicted octanol–water partition coefficient (Wildman–Crippen LogP) is 2.40. The van der Waals surface area contributed by atoms with Crippen molar-refractivity contribution in [3.63, 3.8) is 0 Å². The van der Waals surface area contributed by atoms with Gasteiger partial charge in [0.2, 0.25) is 5.91 Å². The average Bonchev–Trinajstić information content (AvgIpc) is 3.14. The van der Waals surface area contributed by atoms with Gasteiger partial charge in [-0.2, -0.15) is 0 Å². The van der Waals surface area contributed by atoms with E-state index in [1.54, 1.807) is 7.11 Å². The Kier molecular flexibility index (Phi) is 4.13. The number of likely N-dealkylation sites (tertiary alicyclic amines) is 1. The van der Waals surface area contributed by atoms with Crippen molar-refractivity contribution in [3.05, 3.63) is 29.8 Å². The van der Waals surface area contributed by atoms with Crippen molar-refractivity contribution < 1.29 is 9.53 Å². The lowest BCUT2D eigenvalue weighted by Crippen LogP contribution is -2.45. The van der Waals surface area contributed by atoms with E-state index in [1.165, 1.54) is 5.56 Å². The number of nitrogens with zero attached hydrogens (tertiary/aromatic N) is 1. The Balaban J connectivity index is 1.72. The van der Waals surface area contributed by atoms with Gasteiger partial charge in [-0.1, -0.05) is 12.1 Å². The van der Waals surface area contributed by atoms with E-state index in [9.17, 15) is 4.79 Å². The fourth-order valence-corrected chi connectivity index (χ4v) is 3.78. The van der Waals surface area contributed by atoms with E-state index in [2.05, 4.69) is 36.2 Å². The molecule has 2 aliphatic rings. The molecule has 2 heterocycles. The van der Waals surface area contributed by atoms with E-state index >= 15 is 0 Å². The van der Waals surface area contributed by atoms with Crippen LogP contribution in [0.3, 0.4) is 0 Å². The number of ether oxygens (including phenoxy) is 1. The van der Waals surface area contributed by atoms with Gasteiger partial charge >= 0.3 is 0 Å². The summed E-state index contributed by atoms with van der Waals surface area (Å²) in [4.78, 5) is 15.0. The van der Waals surface area contributed by atoms with Crippen molar-refractivity contribution in [2.45, 2.75) is 38.6 Å². The van der Waals surface area contributed by atoms with E-state index in [1.807, 2.05) is 12.1 Å². The number of hydrogen-bond acceptors (Lipinski definition) is 3. The molecular weight excluding hydrogens is 276 g/mol. The van der Waals surface area contributed by atoms with Gasteiger partial charge in [0.05, 0.1) is 12.5 Å². The molecule has 0 radical (unpaired) electrons. The van der Waals surface area contributed by atoms with Crippen molar-refractivity contribution in [3.8, 4) is 5.75 Å². The van der Waals surface area contributed by atoms with Crippen LogP contribution in [0.2, 0.25) is 0 Å². The third-order valence-corrected chi connectivity index (χ3v) is 5.31. The zero-order valence-electron chi connectivity index (χ0n) is 13.8. The molecule has 0 bridgehead atoms. The summed E-state index contributed by atoms with van der Waals surface area (Å²) >= 11 is 0. The van der Waals surface area contributed by atoms with Crippen LogP contribution < -0.4 is 10.1 Å². The van der Waals surface area contributed by atoms with E-state index < -0.39 is 0 Å². The molecule has 1 N–H and O–H groups in total. The minimum Gasteiger partial charge on any atom is -0.497 e. The van der Waals surface area contributed by atoms with Gasteiger partial charge in [-0.25, -0.2) is 0 Å². The van der Waals surface area contributed by atoms with Crippen LogP contribution in [0.25, 0.3) is 0 Å². The molecule has 120 valence electrons. The first-order chi connectivity index (χ1) is 10.5. The van der Waals surface area contributed by atoms with E-state index in [-0.39, 0.29) is 5.41 Å². The first-order valence-corrected chi connectivity index (χ1v) is 8.19. The molecule has 1 amide bonds. The van der Waals surface area contributed by atoms with Crippen LogP contribution in [0.15, 0.2) is 24.3 Å². The smallest absolute Gasteiger partial charge is 0.230 e. The molecule has 3 rings (SSSR count). The van der Waals surface area contributed by atoms with E-state index in [4.69, 9.17) is 4.74 Å². The highest BCUT2D eigenvalue weighted by Gasteiger charge is 2.43. The molecule has 2 saturated heterocycles. The fourth-order valence-electron chi connectivity index (χ4n) is 3.78. The quantitative estimate of drug-likeness (QED) is 0.932. The second kappa shape index (κ2) is 5.92. The van der Waals surface area contributed by atoms with Crippen LogP contribution in [-0.2, 0) is 4.79 Å². The van der Waals surface area contributed by atoms with Crippen LogP contribution in [0.5, 0.6) is 5.75 Å². The molecular formula is C18H26N2O2. The van der Waals surface area contributed by atoms with Gasteiger partial charge in [-0.05, 0) is 50.9 Å². The van der Waals surface area contributed by atoms with E-state index in [0.29, 0.717) is 17.9 Å². The Hall–Kier alpha value is -1.55. The highest BCUT2D eigenvalue weighted by Crippen LogP contribution is 2.36. The summed E-state index contributed by atoms with van der Waals surface area (Å²) < 4.78 is 5.22. The second-order valence-corrected chi connectivity index (χ2v) is 7.00. The number of carbonyl (C=O) groups excluding carboxylic acids is 1. The van der Waals surface area contributed by atoms with Gasteiger partial charge in [0, 0.05) is 25.0 Å². The monoisotopic (exact) mass is 302 g/mol. The van der Waals surface area contributed by atoms with E-state index in [0.717, 1.165) is 38.2 Å². The Morgan fingerprint density at radius 1 is 1.36 bits per heavy atom. The molecule has 4 heteroatoms. The van der Waals surface area contributed by atoms with Gasteiger partial charge in [0.15, 0.2) is 0 Å². The molecule has 1 aromatic carbocycles. The zero-order valence-corrected chi connectivity index (χ0v) is 13.8. The van der Waals surface area contributed by atoms with Crippen LogP contribution in [0.1, 0.15) is 38.2 Å².